The first kappa shape index (κ1) is 19.0. The number of ether oxygens (including phenoxy) is 2. The predicted molar refractivity (Wildman–Crippen MR) is 99.5 cm³/mol. The Morgan fingerprint density at radius 1 is 1.19 bits per heavy atom. The molecular formula is C22H32O5. The molecule has 0 unspecified atom stereocenters. The highest BCUT2D eigenvalue weighted by molar-refractivity contribution is 5.81. The summed E-state index contributed by atoms with van der Waals surface area (Å²) in [4.78, 5) is 26.1. The van der Waals surface area contributed by atoms with Gasteiger partial charge in [-0.1, -0.05) is 25.5 Å². The van der Waals surface area contributed by atoms with Gasteiger partial charge in [-0.2, -0.15) is 0 Å². The fraction of sp³-hybridized carbons (Fsp3) is 0.818. The van der Waals surface area contributed by atoms with E-state index >= 15 is 0 Å². The first-order chi connectivity index (χ1) is 12.7. The van der Waals surface area contributed by atoms with E-state index in [1.165, 1.54) is 14.2 Å². The first-order valence-electron chi connectivity index (χ1n) is 10.2. The van der Waals surface area contributed by atoms with Crippen molar-refractivity contribution in [1.29, 1.82) is 0 Å². The Labute approximate surface area is 161 Å². The fourth-order valence-corrected chi connectivity index (χ4v) is 8.18. The van der Waals surface area contributed by atoms with Gasteiger partial charge in [-0.3, -0.25) is 9.59 Å². The lowest BCUT2D eigenvalue weighted by molar-refractivity contribution is -0.170. The zero-order valence-electron chi connectivity index (χ0n) is 16.9. The van der Waals surface area contributed by atoms with Crippen LogP contribution in [0.4, 0.5) is 0 Å². The van der Waals surface area contributed by atoms with E-state index in [-0.39, 0.29) is 46.4 Å². The molecule has 0 aromatic heterocycles. The SMILES string of the molecule is C=C1C[C@]23C[C@@H]1[C@@H](O)C[C@H]2[C@]1(C)CCC[C@@](C)(C(=O)OC)[C@H]1[C@@H]3C(=O)OC. The summed E-state index contributed by atoms with van der Waals surface area (Å²) in [5, 5.41) is 10.8. The zero-order valence-corrected chi connectivity index (χ0v) is 16.9. The molecule has 0 radical (unpaired) electrons. The van der Waals surface area contributed by atoms with Crippen LogP contribution in [0.2, 0.25) is 0 Å². The summed E-state index contributed by atoms with van der Waals surface area (Å²) in [5.41, 5.74) is -0.109. The highest BCUT2D eigenvalue weighted by Gasteiger charge is 2.76. The van der Waals surface area contributed by atoms with E-state index in [4.69, 9.17) is 9.47 Å². The summed E-state index contributed by atoms with van der Waals surface area (Å²) in [6.45, 7) is 8.46. The monoisotopic (exact) mass is 376 g/mol. The van der Waals surface area contributed by atoms with Gasteiger partial charge in [0.1, 0.15) is 0 Å². The summed E-state index contributed by atoms with van der Waals surface area (Å²) < 4.78 is 10.5. The van der Waals surface area contributed by atoms with Gasteiger partial charge in [0.2, 0.25) is 0 Å². The molecule has 27 heavy (non-hydrogen) atoms. The van der Waals surface area contributed by atoms with Gasteiger partial charge in [-0.05, 0) is 61.7 Å². The van der Waals surface area contributed by atoms with Crippen LogP contribution in [-0.4, -0.2) is 37.4 Å². The van der Waals surface area contributed by atoms with E-state index in [1.807, 2.05) is 6.92 Å². The second-order valence-electron chi connectivity index (χ2n) is 9.98. The molecule has 8 atom stereocenters. The summed E-state index contributed by atoms with van der Waals surface area (Å²) >= 11 is 0. The third kappa shape index (κ3) is 2.15. The number of hydrogen-bond acceptors (Lipinski definition) is 5. The Bertz CT molecular complexity index is 701. The smallest absolute Gasteiger partial charge is 0.311 e. The van der Waals surface area contributed by atoms with Crippen molar-refractivity contribution >= 4 is 11.9 Å². The van der Waals surface area contributed by atoms with Gasteiger partial charge in [0.15, 0.2) is 0 Å². The molecule has 4 rings (SSSR count). The van der Waals surface area contributed by atoms with E-state index in [0.717, 1.165) is 37.7 Å². The minimum absolute atomic E-state index is 0.0570. The molecule has 0 heterocycles. The lowest BCUT2D eigenvalue weighted by Gasteiger charge is -2.51. The molecule has 150 valence electrons. The lowest BCUT2D eigenvalue weighted by Crippen LogP contribution is -2.51. The van der Waals surface area contributed by atoms with Gasteiger partial charge < -0.3 is 14.6 Å². The van der Waals surface area contributed by atoms with Crippen LogP contribution in [0.5, 0.6) is 0 Å². The molecular weight excluding hydrogens is 344 g/mol. The molecule has 2 bridgehead atoms. The van der Waals surface area contributed by atoms with E-state index in [9.17, 15) is 14.7 Å². The van der Waals surface area contributed by atoms with Gasteiger partial charge in [-0.15, -0.1) is 0 Å². The number of methoxy groups -OCH3 is 2. The van der Waals surface area contributed by atoms with Gasteiger partial charge in [0, 0.05) is 5.92 Å². The van der Waals surface area contributed by atoms with Crippen molar-refractivity contribution in [3.8, 4) is 0 Å². The Balaban J connectivity index is 1.92. The molecule has 1 spiro atoms. The second kappa shape index (κ2) is 5.82. The average Bonchev–Trinajstić information content (AvgIpc) is 3.05. The summed E-state index contributed by atoms with van der Waals surface area (Å²) in [6, 6.07) is 0. The number of aliphatic hydroxyl groups excluding tert-OH is 1. The summed E-state index contributed by atoms with van der Waals surface area (Å²) in [7, 11) is 2.88. The maximum Gasteiger partial charge on any atom is 0.311 e. The number of carbonyl (C=O) groups excluding carboxylic acids is 2. The van der Waals surface area contributed by atoms with Gasteiger partial charge in [0.25, 0.3) is 0 Å². The van der Waals surface area contributed by atoms with E-state index in [1.54, 1.807) is 0 Å². The number of esters is 2. The van der Waals surface area contributed by atoms with Crippen LogP contribution in [0.15, 0.2) is 12.2 Å². The molecule has 0 saturated heterocycles. The van der Waals surface area contributed by atoms with Crippen molar-refractivity contribution < 1.29 is 24.2 Å². The maximum atomic E-state index is 13.2. The Morgan fingerprint density at radius 3 is 2.52 bits per heavy atom. The van der Waals surface area contributed by atoms with Crippen LogP contribution in [-0.2, 0) is 19.1 Å². The van der Waals surface area contributed by atoms with Crippen LogP contribution in [0.1, 0.15) is 52.4 Å². The van der Waals surface area contributed by atoms with E-state index < -0.39 is 11.5 Å². The number of hydrogen-bond donors (Lipinski definition) is 1. The molecule has 4 fully saturated rings. The molecule has 4 saturated carbocycles. The zero-order chi connectivity index (χ0) is 19.8. The van der Waals surface area contributed by atoms with Crippen LogP contribution in [0.25, 0.3) is 0 Å². The largest absolute Gasteiger partial charge is 0.469 e. The molecule has 4 aliphatic rings. The van der Waals surface area contributed by atoms with Crippen LogP contribution < -0.4 is 0 Å². The standard InChI is InChI=1S/C22H32O5/c1-12-10-22-11-13(12)14(23)9-15(22)20(2)7-6-8-21(3,19(25)27-5)17(20)16(22)18(24)26-4/h13-17,23H,1,6-11H2,2-5H3/t13-,14-,15-,16+,17-,20-,21+,22-/m0/s1. The van der Waals surface area contributed by atoms with Crippen molar-refractivity contribution in [2.45, 2.75) is 58.5 Å². The number of carbonyl (C=O) groups is 2. The van der Waals surface area contributed by atoms with E-state index in [2.05, 4.69) is 13.5 Å². The normalized spacial score (nSPS) is 50.7. The van der Waals surface area contributed by atoms with Crippen molar-refractivity contribution in [3.63, 3.8) is 0 Å². The lowest BCUT2D eigenvalue weighted by atomic mass is 9.53. The van der Waals surface area contributed by atoms with Gasteiger partial charge in [0.05, 0.1) is 31.7 Å². The molecule has 5 nitrogen and oxygen atoms in total. The molecule has 0 aromatic carbocycles. The number of rotatable bonds is 2. The minimum atomic E-state index is -0.711. The molecule has 0 amide bonds. The summed E-state index contributed by atoms with van der Waals surface area (Å²) in [5.74, 6) is -0.682. The molecule has 4 aliphatic carbocycles. The fourth-order valence-electron chi connectivity index (χ4n) is 8.18. The minimum Gasteiger partial charge on any atom is -0.469 e. The third-order valence-corrected chi connectivity index (χ3v) is 8.98. The first-order valence-corrected chi connectivity index (χ1v) is 10.2. The molecule has 1 N–H and O–H groups in total. The quantitative estimate of drug-likeness (QED) is 0.592. The van der Waals surface area contributed by atoms with Crippen molar-refractivity contribution in [3.05, 3.63) is 12.2 Å². The van der Waals surface area contributed by atoms with Crippen LogP contribution >= 0.6 is 0 Å². The van der Waals surface area contributed by atoms with Gasteiger partial charge in [-0.25, -0.2) is 0 Å². The third-order valence-electron chi connectivity index (χ3n) is 8.98. The Morgan fingerprint density at radius 2 is 1.89 bits per heavy atom. The van der Waals surface area contributed by atoms with E-state index in [0.29, 0.717) is 6.42 Å². The predicted octanol–water partition coefficient (Wildman–Crippen LogP) is 3.11. The van der Waals surface area contributed by atoms with Gasteiger partial charge >= 0.3 is 11.9 Å². The molecule has 5 heteroatoms. The number of aliphatic hydroxyl groups is 1. The molecule has 0 aliphatic heterocycles. The van der Waals surface area contributed by atoms with Crippen molar-refractivity contribution in [1.82, 2.24) is 0 Å². The topological polar surface area (TPSA) is 72.8 Å². The average molecular weight is 376 g/mol. The van der Waals surface area contributed by atoms with Crippen LogP contribution in [0.3, 0.4) is 0 Å². The highest BCUT2D eigenvalue weighted by atomic mass is 16.5. The Hall–Kier alpha value is -1.36. The highest BCUT2D eigenvalue weighted by Crippen LogP contribution is 2.77. The summed E-state index contributed by atoms with van der Waals surface area (Å²) in [6.07, 6.45) is 4.43. The molecule has 0 aromatic rings. The van der Waals surface area contributed by atoms with Crippen LogP contribution in [0, 0.1) is 39.9 Å². The van der Waals surface area contributed by atoms with Crippen molar-refractivity contribution in [2.75, 3.05) is 14.2 Å². The Kier molecular flexibility index (Phi) is 4.09. The number of fused-ring (bicyclic) bond motifs is 3. The second-order valence-corrected chi connectivity index (χ2v) is 9.98. The maximum absolute atomic E-state index is 13.2. The van der Waals surface area contributed by atoms with Crippen molar-refractivity contribution in [2.24, 2.45) is 39.9 Å².